The fourth-order valence-electron chi connectivity index (χ4n) is 1.34. The van der Waals surface area contributed by atoms with E-state index in [0.717, 1.165) is 30.0 Å². The summed E-state index contributed by atoms with van der Waals surface area (Å²) in [6.45, 7) is 0. The fraction of sp³-hybridized carbons (Fsp3) is 0. The van der Waals surface area contributed by atoms with E-state index in [1.807, 2.05) is 0 Å². The standard InChI is InChI=1S/C13H8F2OS/c14-10-5-6-11(15)13(7-10)17-12-4-2-1-3-9(12)8-16/h1-8H. The van der Waals surface area contributed by atoms with Crippen LogP contribution in [0.2, 0.25) is 0 Å². The molecule has 0 N–H and O–H groups in total. The van der Waals surface area contributed by atoms with Gasteiger partial charge in [0.05, 0.1) is 4.90 Å². The molecule has 2 aromatic carbocycles. The minimum Gasteiger partial charge on any atom is -0.298 e. The highest BCUT2D eigenvalue weighted by atomic mass is 32.2. The summed E-state index contributed by atoms with van der Waals surface area (Å²) >= 11 is 1.03. The number of halogens is 2. The molecule has 0 amide bonds. The predicted molar refractivity (Wildman–Crippen MR) is 62.3 cm³/mol. The summed E-state index contributed by atoms with van der Waals surface area (Å²) in [6, 6.07) is 10.0. The summed E-state index contributed by atoms with van der Waals surface area (Å²) in [7, 11) is 0. The van der Waals surface area contributed by atoms with Gasteiger partial charge in [-0.25, -0.2) is 8.78 Å². The highest BCUT2D eigenvalue weighted by molar-refractivity contribution is 7.99. The molecule has 0 aromatic heterocycles. The molecule has 0 heterocycles. The van der Waals surface area contributed by atoms with Gasteiger partial charge >= 0.3 is 0 Å². The molecule has 0 aliphatic heterocycles. The maximum absolute atomic E-state index is 13.4. The first-order valence-corrected chi connectivity index (χ1v) is 5.69. The third-order valence-corrected chi connectivity index (χ3v) is 3.28. The third kappa shape index (κ3) is 2.71. The number of carbonyl (C=O) groups is 1. The molecule has 4 heteroatoms. The summed E-state index contributed by atoms with van der Waals surface area (Å²) < 4.78 is 26.4. The largest absolute Gasteiger partial charge is 0.298 e. The van der Waals surface area contributed by atoms with Crippen LogP contribution in [0.25, 0.3) is 0 Å². The molecule has 86 valence electrons. The summed E-state index contributed by atoms with van der Waals surface area (Å²) in [5, 5.41) is 0. The van der Waals surface area contributed by atoms with Gasteiger partial charge in [0.25, 0.3) is 0 Å². The third-order valence-electron chi connectivity index (χ3n) is 2.16. The van der Waals surface area contributed by atoms with E-state index < -0.39 is 11.6 Å². The Morgan fingerprint density at radius 3 is 2.53 bits per heavy atom. The monoisotopic (exact) mass is 250 g/mol. The van der Waals surface area contributed by atoms with Gasteiger partial charge in [-0.05, 0) is 24.3 Å². The molecule has 0 spiro atoms. The molecular formula is C13H8F2OS. The van der Waals surface area contributed by atoms with Crippen molar-refractivity contribution in [3.8, 4) is 0 Å². The maximum Gasteiger partial charge on any atom is 0.151 e. The van der Waals surface area contributed by atoms with Gasteiger partial charge in [-0.3, -0.25) is 4.79 Å². The maximum atomic E-state index is 13.4. The van der Waals surface area contributed by atoms with Gasteiger partial charge in [0, 0.05) is 10.5 Å². The average molecular weight is 250 g/mol. The lowest BCUT2D eigenvalue weighted by molar-refractivity contribution is 0.112. The summed E-state index contributed by atoms with van der Waals surface area (Å²) in [5.41, 5.74) is 0.459. The number of aldehydes is 1. The van der Waals surface area contributed by atoms with E-state index in [9.17, 15) is 13.6 Å². The molecule has 17 heavy (non-hydrogen) atoms. The molecule has 0 fully saturated rings. The highest BCUT2D eigenvalue weighted by Crippen LogP contribution is 2.31. The van der Waals surface area contributed by atoms with Crippen LogP contribution in [0.5, 0.6) is 0 Å². The van der Waals surface area contributed by atoms with Crippen LogP contribution >= 0.6 is 11.8 Å². The zero-order chi connectivity index (χ0) is 12.3. The molecule has 1 nitrogen and oxygen atoms in total. The summed E-state index contributed by atoms with van der Waals surface area (Å²) in [5.74, 6) is -1.01. The van der Waals surface area contributed by atoms with Crippen molar-refractivity contribution >= 4 is 18.0 Å². The Morgan fingerprint density at radius 1 is 1.00 bits per heavy atom. The van der Waals surface area contributed by atoms with Gasteiger partial charge in [0.2, 0.25) is 0 Å². The van der Waals surface area contributed by atoms with Crippen molar-refractivity contribution in [1.29, 1.82) is 0 Å². The van der Waals surface area contributed by atoms with Crippen molar-refractivity contribution in [3.05, 3.63) is 59.7 Å². The molecule has 0 saturated heterocycles. The molecule has 0 unspecified atom stereocenters. The van der Waals surface area contributed by atoms with Gasteiger partial charge < -0.3 is 0 Å². The van der Waals surface area contributed by atoms with Crippen LogP contribution in [0.4, 0.5) is 8.78 Å². The van der Waals surface area contributed by atoms with E-state index in [-0.39, 0.29) is 4.90 Å². The van der Waals surface area contributed by atoms with Crippen LogP contribution in [0.1, 0.15) is 10.4 Å². The van der Waals surface area contributed by atoms with Crippen molar-refractivity contribution in [2.75, 3.05) is 0 Å². The minimum absolute atomic E-state index is 0.166. The van der Waals surface area contributed by atoms with E-state index in [4.69, 9.17) is 0 Å². The number of benzene rings is 2. The Labute approximate surface area is 101 Å². The quantitative estimate of drug-likeness (QED) is 0.768. The minimum atomic E-state index is -0.503. The van der Waals surface area contributed by atoms with Crippen LogP contribution in [-0.4, -0.2) is 6.29 Å². The van der Waals surface area contributed by atoms with Crippen LogP contribution in [-0.2, 0) is 0 Å². The fourth-order valence-corrected chi connectivity index (χ4v) is 2.30. The molecular weight excluding hydrogens is 242 g/mol. The number of hydrogen-bond donors (Lipinski definition) is 0. The Morgan fingerprint density at radius 2 is 1.76 bits per heavy atom. The number of carbonyl (C=O) groups excluding carboxylic acids is 1. The molecule has 0 radical (unpaired) electrons. The highest BCUT2D eigenvalue weighted by Gasteiger charge is 2.08. The van der Waals surface area contributed by atoms with Crippen molar-refractivity contribution < 1.29 is 13.6 Å². The van der Waals surface area contributed by atoms with E-state index in [1.54, 1.807) is 24.3 Å². The molecule has 0 atom stereocenters. The first-order chi connectivity index (χ1) is 8.20. The smallest absolute Gasteiger partial charge is 0.151 e. The molecule has 2 aromatic rings. The summed E-state index contributed by atoms with van der Waals surface area (Å²) in [4.78, 5) is 11.6. The molecule has 0 aliphatic carbocycles. The lowest BCUT2D eigenvalue weighted by Gasteiger charge is -2.05. The zero-order valence-corrected chi connectivity index (χ0v) is 9.51. The van der Waals surface area contributed by atoms with Crippen molar-refractivity contribution in [1.82, 2.24) is 0 Å². The first-order valence-electron chi connectivity index (χ1n) is 4.88. The summed E-state index contributed by atoms with van der Waals surface area (Å²) in [6.07, 6.45) is 0.694. The Bertz CT molecular complexity index is 555. The van der Waals surface area contributed by atoms with Crippen LogP contribution in [0, 0.1) is 11.6 Å². The van der Waals surface area contributed by atoms with E-state index in [2.05, 4.69) is 0 Å². The Hall–Kier alpha value is -1.68. The van der Waals surface area contributed by atoms with Crippen LogP contribution in [0.3, 0.4) is 0 Å². The molecule has 0 aliphatic rings. The second-order valence-electron chi connectivity index (χ2n) is 3.33. The average Bonchev–Trinajstić information content (AvgIpc) is 2.34. The van der Waals surface area contributed by atoms with Crippen molar-refractivity contribution in [3.63, 3.8) is 0 Å². The van der Waals surface area contributed by atoms with Crippen molar-refractivity contribution in [2.24, 2.45) is 0 Å². The van der Waals surface area contributed by atoms with E-state index >= 15 is 0 Å². The molecule has 0 bridgehead atoms. The SMILES string of the molecule is O=Cc1ccccc1Sc1cc(F)ccc1F. The van der Waals surface area contributed by atoms with Gasteiger partial charge in [-0.1, -0.05) is 30.0 Å². The van der Waals surface area contributed by atoms with E-state index in [0.29, 0.717) is 16.7 Å². The lowest BCUT2D eigenvalue weighted by Crippen LogP contribution is -1.87. The topological polar surface area (TPSA) is 17.1 Å². The lowest BCUT2D eigenvalue weighted by atomic mass is 10.2. The predicted octanol–water partition coefficient (Wildman–Crippen LogP) is 3.93. The number of hydrogen-bond acceptors (Lipinski definition) is 2. The van der Waals surface area contributed by atoms with Gasteiger partial charge in [0.1, 0.15) is 11.6 Å². The Balaban J connectivity index is 2.37. The molecule has 0 saturated carbocycles. The van der Waals surface area contributed by atoms with Crippen LogP contribution < -0.4 is 0 Å². The van der Waals surface area contributed by atoms with E-state index in [1.165, 1.54) is 0 Å². The second-order valence-corrected chi connectivity index (χ2v) is 4.42. The first kappa shape index (κ1) is 11.8. The van der Waals surface area contributed by atoms with Gasteiger partial charge in [0.15, 0.2) is 6.29 Å². The second kappa shape index (κ2) is 5.10. The normalized spacial score (nSPS) is 10.2. The van der Waals surface area contributed by atoms with Gasteiger partial charge in [-0.15, -0.1) is 0 Å². The molecule has 2 rings (SSSR count). The zero-order valence-electron chi connectivity index (χ0n) is 8.69. The van der Waals surface area contributed by atoms with Crippen molar-refractivity contribution in [2.45, 2.75) is 9.79 Å². The van der Waals surface area contributed by atoms with Gasteiger partial charge in [-0.2, -0.15) is 0 Å². The van der Waals surface area contributed by atoms with Crippen LogP contribution in [0.15, 0.2) is 52.3 Å². The number of rotatable bonds is 3. The Kier molecular flexibility index (Phi) is 3.54.